The van der Waals surface area contributed by atoms with Crippen molar-refractivity contribution in [1.82, 2.24) is 0 Å². The molecule has 228 valence electrons. The first-order valence-corrected chi connectivity index (χ1v) is 16.0. The molecule has 40 heavy (non-hydrogen) atoms. The molecular weight excluding hydrogens is 504 g/mol. The lowest BCUT2D eigenvalue weighted by atomic mass is 9.35. The maximum absolute atomic E-state index is 12.6. The molecule has 6 heteroatoms. The molecule has 1 saturated heterocycles. The first-order chi connectivity index (χ1) is 18.3. The molecule has 1 aliphatic heterocycles. The quantitative estimate of drug-likeness (QED) is 0.379. The lowest BCUT2D eigenvalue weighted by molar-refractivity contribution is -0.263. The van der Waals surface area contributed by atoms with Crippen LogP contribution in [0.5, 0.6) is 0 Å². The second-order valence-corrected chi connectivity index (χ2v) is 16.6. The Balaban J connectivity index is 1.52. The molecule has 5 rings (SSSR count). The van der Waals surface area contributed by atoms with Crippen LogP contribution < -0.4 is 0 Å². The van der Waals surface area contributed by atoms with Gasteiger partial charge in [0, 0.05) is 25.2 Å². The van der Waals surface area contributed by atoms with Crippen molar-refractivity contribution in [2.24, 2.45) is 45.3 Å². The molecule has 0 spiro atoms. The van der Waals surface area contributed by atoms with E-state index < -0.39 is 5.60 Å². The van der Waals surface area contributed by atoms with Crippen LogP contribution in [-0.2, 0) is 23.8 Å². The van der Waals surface area contributed by atoms with E-state index >= 15 is 0 Å². The standard InChI is InChI=1S/C34H56O6/c1-20(35)38-24-19-23-22(34(10)18-14-27(40-34)30(5,6)37)11-16-32(23,8)33(9)17-12-25-29(3,4)26(39-21(2)36)13-15-31(25,7)28(24)33/h22-28,37H,11-19H2,1-10H3/t22-,23?,24?,25?,26+,27-,28?,31-,32+,33+,34+/m0/s1. The highest BCUT2D eigenvalue weighted by molar-refractivity contribution is 5.66. The predicted molar refractivity (Wildman–Crippen MR) is 154 cm³/mol. The van der Waals surface area contributed by atoms with Gasteiger partial charge in [0.15, 0.2) is 0 Å². The number of fused-ring (bicyclic) bond motifs is 5. The third kappa shape index (κ3) is 4.31. The summed E-state index contributed by atoms with van der Waals surface area (Å²) in [6, 6.07) is 0. The number of aliphatic hydroxyl groups is 1. The summed E-state index contributed by atoms with van der Waals surface area (Å²) in [6.07, 6.45) is 8.66. The van der Waals surface area contributed by atoms with E-state index in [1.807, 2.05) is 13.8 Å². The average Bonchev–Trinajstić information content (AvgIpc) is 3.37. The SMILES string of the molecule is CC(=O)OC1CC2[C@@H]([C@@]3(C)CC[C@@H](C(C)(C)O)O3)CC[C@@]2(C)[C@]2(C)CCC3C(C)(C)[C@H](OC(C)=O)CC[C@]3(C)C12. The van der Waals surface area contributed by atoms with Gasteiger partial charge >= 0.3 is 11.9 Å². The molecular formula is C34H56O6. The van der Waals surface area contributed by atoms with Crippen molar-refractivity contribution in [2.45, 2.75) is 157 Å². The summed E-state index contributed by atoms with van der Waals surface area (Å²) >= 11 is 0. The lowest BCUT2D eigenvalue weighted by Gasteiger charge is -2.71. The maximum Gasteiger partial charge on any atom is 0.302 e. The Labute approximate surface area is 242 Å². The van der Waals surface area contributed by atoms with E-state index in [0.29, 0.717) is 17.8 Å². The second-order valence-electron chi connectivity index (χ2n) is 16.6. The van der Waals surface area contributed by atoms with Crippen molar-refractivity contribution >= 4 is 11.9 Å². The minimum atomic E-state index is -0.853. The summed E-state index contributed by atoms with van der Waals surface area (Å²) in [5, 5.41) is 10.7. The molecule has 0 radical (unpaired) electrons. The summed E-state index contributed by atoms with van der Waals surface area (Å²) in [4.78, 5) is 24.6. The topological polar surface area (TPSA) is 82.1 Å². The van der Waals surface area contributed by atoms with Gasteiger partial charge in [0.1, 0.15) is 12.2 Å². The van der Waals surface area contributed by atoms with Crippen LogP contribution in [0.3, 0.4) is 0 Å². The molecule has 5 fully saturated rings. The van der Waals surface area contributed by atoms with Crippen molar-refractivity contribution in [3.05, 3.63) is 0 Å². The fourth-order valence-corrected chi connectivity index (χ4v) is 11.8. The van der Waals surface area contributed by atoms with Gasteiger partial charge in [0.05, 0.1) is 17.3 Å². The Kier molecular flexibility index (Phi) is 7.15. The zero-order valence-electron chi connectivity index (χ0n) is 26.9. The van der Waals surface area contributed by atoms with E-state index in [0.717, 1.165) is 57.8 Å². The Morgan fingerprint density at radius 3 is 2.00 bits per heavy atom. The monoisotopic (exact) mass is 560 g/mol. The van der Waals surface area contributed by atoms with Gasteiger partial charge in [-0.25, -0.2) is 0 Å². The molecule has 0 bridgehead atoms. The summed E-state index contributed by atoms with van der Waals surface area (Å²) in [7, 11) is 0. The van der Waals surface area contributed by atoms with Crippen molar-refractivity contribution in [3.8, 4) is 0 Å². The van der Waals surface area contributed by atoms with E-state index in [4.69, 9.17) is 14.2 Å². The zero-order chi connectivity index (χ0) is 29.7. The molecule has 4 aliphatic carbocycles. The van der Waals surface area contributed by atoms with Gasteiger partial charge < -0.3 is 19.3 Å². The molecule has 0 aromatic carbocycles. The van der Waals surface area contributed by atoms with Crippen LogP contribution in [0, 0.1) is 45.3 Å². The molecule has 0 amide bonds. The number of rotatable bonds is 4. The van der Waals surface area contributed by atoms with E-state index in [9.17, 15) is 14.7 Å². The fourth-order valence-electron chi connectivity index (χ4n) is 11.8. The number of ether oxygens (including phenoxy) is 3. The van der Waals surface area contributed by atoms with Gasteiger partial charge in [0.2, 0.25) is 0 Å². The number of carbonyl (C=O) groups is 2. The van der Waals surface area contributed by atoms with E-state index in [1.165, 1.54) is 6.92 Å². The van der Waals surface area contributed by atoms with E-state index in [2.05, 4.69) is 41.5 Å². The Morgan fingerprint density at radius 2 is 1.43 bits per heavy atom. The normalized spacial score (nSPS) is 49.9. The maximum atomic E-state index is 12.6. The Morgan fingerprint density at radius 1 is 0.800 bits per heavy atom. The molecule has 11 atom stereocenters. The fraction of sp³-hybridized carbons (Fsp3) is 0.941. The number of esters is 2. The smallest absolute Gasteiger partial charge is 0.302 e. The van der Waals surface area contributed by atoms with Crippen LogP contribution >= 0.6 is 0 Å². The van der Waals surface area contributed by atoms with Gasteiger partial charge in [0.25, 0.3) is 0 Å². The minimum absolute atomic E-state index is 0.0148. The molecule has 5 aliphatic rings. The van der Waals surface area contributed by atoms with Crippen molar-refractivity contribution in [3.63, 3.8) is 0 Å². The van der Waals surface area contributed by atoms with Gasteiger partial charge in [-0.05, 0) is 113 Å². The molecule has 6 nitrogen and oxygen atoms in total. The van der Waals surface area contributed by atoms with Crippen LogP contribution in [0.15, 0.2) is 0 Å². The number of hydrogen-bond acceptors (Lipinski definition) is 6. The van der Waals surface area contributed by atoms with Gasteiger partial charge in [-0.1, -0.05) is 34.6 Å². The first kappa shape index (κ1) is 30.3. The first-order valence-electron chi connectivity index (χ1n) is 16.0. The highest BCUT2D eigenvalue weighted by Crippen LogP contribution is 2.76. The van der Waals surface area contributed by atoms with Gasteiger partial charge in [-0.3, -0.25) is 9.59 Å². The second kappa shape index (κ2) is 9.43. The van der Waals surface area contributed by atoms with Gasteiger partial charge in [-0.15, -0.1) is 0 Å². The third-order valence-electron chi connectivity index (χ3n) is 13.8. The largest absolute Gasteiger partial charge is 0.462 e. The van der Waals surface area contributed by atoms with Crippen LogP contribution in [0.2, 0.25) is 0 Å². The van der Waals surface area contributed by atoms with Crippen LogP contribution in [0.4, 0.5) is 0 Å². The van der Waals surface area contributed by atoms with Crippen molar-refractivity contribution < 1.29 is 28.9 Å². The summed E-state index contributed by atoms with van der Waals surface area (Å²) in [5.41, 5.74) is -1.16. The van der Waals surface area contributed by atoms with Crippen molar-refractivity contribution in [1.29, 1.82) is 0 Å². The van der Waals surface area contributed by atoms with Gasteiger partial charge in [-0.2, -0.15) is 0 Å². The summed E-state index contributed by atoms with van der Waals surface area (Å²) < 4.78 is 19.0. The number of carbonyl (C=O) groups excluding carboxylic acids is 2. The average molecular weight is 561 g/mol. The minimum Gasteiger partial charge on any atom is -0.462 e. The van der Waals surface area contributed by atoms with E-state index in [1.54, 1.807) is 6.92 Å². The van der Waals surface area contributed by atoms with Crippen LogP contribution in [0.1, 0.15) is 127 Å². The third-order valence-corrected chi connectivity index (χ3v) is 13.8. The lowest BCUT2D eigenvalue weighted by Crippen LogP contribution is -2.68. The highest BCUT2D eigenvalue weighted by Gasteiger charge is 2.73. The Hall–Kier alpha value is -1.14. The zero-order valence-corrected chi connectivity index (χ0v) is 26.9. The highest BCUT2D eigenvalue weighted by atomic mass is 16.5. The molecule has 4 unspecified atom stereocenters. The van der Waals surface area contributed by atoms with Crippen LogP contribution in [0.25, 0.3) is 0 Å². The number of hydrogen-bond donors (Lipinski definition) is 1. The molecule has 1 heterocycles. The molecule has 1 N–H and O–H groups in total. The van der Waals surface area contributed by atoms with Crippen LogP contribution in [-0.4, -0.2) is 46.6 Å². The van der Waals surface area contributed by atoms with Crippen molar-refractivity contribution in [2.75, 3.05) is 0 Å². The molecule has 4 saturated carbocycles. The molecule has 0 aromatic heterocycles. The molecule has 0 aromatic rings. The predicted octanol–water partition coefficient (Wildman–Crippen LogP) is 6.85. The summed E-state index contributed by atoms with van der Waals surface area (Å²) in [5.74, 6) is 1.03. The van der Waals surface area contributed by atoms with E-state index in [-0.39, 0.29) is 63.4 Å². The Bertz CT molecular complexity index is 1030. The summed E-state index contributed by atoms with van der Waals surface area (Å²) in [6.45, 7) is 21.2.